The zero-order chi connectivity index (χ0) is 13.4. The maximum absolute atomic E-state index is 9.22. The van der Waals surface area contributed by atoms with Gasteiger partial charge in [-0.3, -0.25) is 0 Å². The van der Waals surface area contributed by atoms with Gasteiger partial charge in [0.05, 0.1) is 13.2 Å². The molecule has 0 aliphatic rings. The number of aryl methyl sites for hydroxylation is 1. The highest BCUT2D eigenvalue weighted by Gasteiger charge is 2.20. The lowest BCUT2D eigenvalue weighted by molar-refractivity contribution is 0.171. The molecule has 0 saturated carbocycles. The molecule has 0 spiro atoms. The summed E-state index contributed by atoms with van der Waals surface area (Å²) in [5, 5.41) is 9.22. The summed E-state index contributed by atoms with van der Waals surface area (Å²) >= 11 is 0. The Balaban J connectivity index is 2.38. The Morgan fingerprint density at radius 2 is 2.00 bits per heavy atom. The van der Waals surface area contributed by atoms with Crippen LogP contribution in [0.3, 0.4) is 0 Å². The van der Waals surface area contributed by atoms with Crippen molar-refractivity contribution in [3.63, 3.8) is 0 Å². The van der Waals surface area contributed by atoms with E-state index in [9.17, 15) is 5.11 Å². The van der Waals surface area contributed by atoms with Gasteiger partial charge in [0.1, 0.15) is 5.75 Å². The van der Waals surface area contributed by atoms with Crippen LogP contribution in [-0.4, -0.2) is 23.9 Å². The zero-order valence-electron chi connectivity index (χ0n) is 11.5. The van der Waals surface area contributed by atoms with Crippen molar-refractivity contribution < 1.29 is 9.84 Å². The van der Waals surface area contributed by atoms with Gasteiger partial charge in [0.15, 0.2) is 0 Å². The molecule has 1 unspecified atom stereocenters. The summed E-state index contributed by atoms with van der Waals surface area (Å²) in [6.45, 7) is 4.81. The maximum Gasteiger partial charge on any atom is 0.122 e. The molecule has 3 heteroatoms. The van der Waals surface area contributed by atoms with Gasteiger partial charge in [-0.25, -0.2) is 0 Å². The van der Waals surface area contributed by atoms with Gasteiger partial charge < -0.3 is 15.6 Å². The van der Waals surface area contributed by atoms with Crippen LogP contribution >= 0.6 is 0 Å². The van der Waals surface area contributed by atoms with E-state index in [4.69, 9.17) is 10.5 Å². The summed E-state index contributed by atoms with van der Waals surface area (Å²) in [5.74, 6) is 0.961. The highest BCUT2D eigenvalue weighted by Crippen LogP contribution is 2.19. The third kappa shape index (κ3) is 4.31. The van der Waals surface area contributed by atoms with Crippen molar-refractivity contribution in [1.29, 1.82) is 0 Å². The smallest absolute Gasteiger partial charge is 0.122 e. The fraction of sp³-hybridized carbons (Fsp3) is 0.600. The van der Waals surface area contributed by atoms with Crippen LogP contribution in [0.15, 0.2) is 24.3 Å². The molecule has 0 bridgehead atoms. The summed E-state index contributed by atoms with van der Waals surface area (Å²) in [4.78, 5) is 0. The van der Waals surface area contributed by atoms with Crippen LogP contribution in [0, 0.1) is 0 Å². The Hall–Kier alpha value is -1.06. The molecular formula is C15H25NO2. The number of nitrogens with two attached hydrogens (primary N) is 1. The number of para-hydroxylation sites is 1. The second-order valence-corrected chi connectivity index (χ2v) is 4.79. The lowest BCUT2D eigenvalue weighted by Crippen LogP contribution is -2.43. The quantitative estimate of drug-likeness (QED) is 0.698. The average molecular weight is 251 g/mol. The first kappa shape index (κ1) is 15.0. The van der Waals surface area contributed by atoms with Crippen molar-refractivity contribution in [3.8, 4) is 5.75 Å². The van der Waals surface area contributed by atoms with Crippen LogP contribution < -0.4 is 10.5 Å². The molecule has 102 valence electrons. The third-order valence-corrected chi connectivity index (χ3v) is 3.45. The fourth-order valence-corrected chi connectivity index (χ4v) is 1.91. The first-order valence-electron chi connectivity index (χ1n) is 6.75. The number of benzene rings is 1. The molecule has 3 nitrogen and oxygen atoms in total. The minimum atomic E-state index is -0.451. The Morgan fingerprint density at radius 1 is 1.28 bits per heavy atom. The molecule has 1 atom stereocenters. The minimum absolute atomic E-state index is 0.0368. The Morgan fingerprint density at radius 3 is 2.61 bits per heavy atom. The molecule has 0 heterocycles. The molecule has 1 aromatic carbocycles. The largest absolute Gasteiger partial charge is 0.493 e. The molecule has 18 heavy (non-hydrogen) atoms. The summed E-state index contributed by atoms with van der Waals surface area (Å²) in [6, 6.07) is 8.10. The highest BCUT2D eigenvalue weighted by atomic mass is 16.5. The van der Waals surface area contributed by atoms with E-state index in [1.165, 1.54) is 5.56 Å². The first-order chi connectivity index (χ1) is 8.65. The molecule has 0 saturated heterocycles. The fourth-order valence-electron chi connectivity index (χ4n) is 1.91. The van der Waals surface area contributed by atoms with Gasteiger partial charge in [-0.1, -0.05) is 32.0 Å². The van der Waals surface area contributed by atoms with Crippen molar-refractivity contribution in [2.24, 2.45) is 5.73 Å². The predicted molar refractivity (Wildman–Crippen MR) is 74.8 cm³/mol. The van der Waals surface area contributed by atoms with Crippen molar-refractivity contribution >= 4 is 0 Å². The Labute approximate surface area is 110 Å². The number of aliphatic hydroxyl groups excluding tert-OH is 1. The number of ether oxygens (including phenoxy) is 1. The van der Waals surface area contributed by atoms with Crippen molar-refractivity contribution in [3.05, 3.63) is 29.8 Å². The van der Waals surface area contributed by atoms with Gasteiger partial charge in [-0.2, -0.15) is 0 Å². The van der Waals surface area contributed by atoms with Gasteiger partial charge >= 0.3 is 0 Å². The van der Waals surface area contributed by atoms with Gasteiger partial charge in [0.2, 0.25) is 0 Å². The molecule has 3 N–H and O–H groups in total. The first-order valence-corrected chi connectivity index (χ1v) is 6.75. The van der Waals surface area contributed by atoms with Gasteiger partial charge in [-0.15, -0.1) is 0 Å². The summed E-state index contributed by atoms with van der Waals surface area (Å²) in [6.07, 6.45) is 3.41. The van der Waals surface area contributed by atoms with Crippen LogP contribution in [0.25, 0.3) is 0 Å². The van der Waals surface area contributed by atoms with Gasteiger partial charge in [0, 0.05) is 5.54 Å². The SMILES string of the molecule is CCc1ccccc1OCCCC(N)(CC)CO. The van der Waals surface area contributed by atoms with E-state index in [1.54, 1.807) is 0 Å². The van der Waals surface area contributed by atoms with Crippen molar-refractivity contribution in [2.45, 2.75) is 45.1 Å². The molecule has 1 rings (SSSR count). The number of hydrogen-bond acceptors (Lipinski definition) is 3. The van der Waals surface area contributed by atoms with Crippen LogP contribution in [0.2, 0.25) is 0 Å². The monoisotopic (exact) mass is 251 g/mol. The van der Waals surface area contributed by atoms with E-state index < -0.39 is 5.54 Å². The number of hydrogen-bond donors (Lipinski definition) is 2. The summed E-state index contributed by atoms with van der Waals surface area (Å²) < 4.78 is 5.78. The number of rotatable bonds is 8. The molecule has 0 aliphatic carbocycles. The lowest BCUT2D eigenvalue weighted by atomic mass is 9.93. The van der Waals surface area contributed by atoms with E-state index in [0.717, 1.165) is 31.4 Å². The van der Waals surface area contributed by atoms with E-state index in [2.05, 4.69) is 13.0 Å². The maximum atomic E-state index is 9.22. The molecular weight excluding hydrogens is 226 g/mol. The summed E-state index contributed by atoms with van der Waals surface area (Å²) in [5.41, 5.74) is 6.81. The normalized spacial score (nSPS) is 14.2. The Bertz CT molecular complexity index is 348. The molecule has 1 aromatic rings. The van der Waals surface area contributed by atoms with E-state index in [0.29, 0.717) is 6.61 Å². The van der Waals surface area contributed by atoms with Crippen LogP contribution in [0.1, 0.15) is 38.7 Å². The molecule has 0 aromatic heterocycles. The Kier molecular flexibility index (Phi) is 6.16. The zero-order valence-corrected chi connectivity index (χ0v) is 11.5. The molecule has 0 aliphatic heterocycles. The molecule has 0 radical (unpaired) electrons. The second kappa shape index (κ2) is 7.39. The topological polar surface area (TPSA) is 55.5 Å². The van der Waals surface area contributed by atoms with Crippen LogP contribution in [-0.2, 0) is 6.42 Å². The second-order valence-electron chi connectivity index (χ2n) is 4.79. The number of aliphatic hydroxyl groups is 1. The lowest BCUT2D eigenvalue weighted by Gasteiger charge is -2.25. The van der Waals surface area contributed by atoms with Gasteiger partial charge in [0.25, 0.3) is 0 Å². The van der Waals surface area contributed by atoms with Crippen LogP contribution in [0.5, 0.6) is 5.75 Å². The van der Waals surface area contributed by atoms with Gasteiger partial charge in [-0.05, 0) is 37.3 Å². The van der Waals surface area contributed by atoms with E-state index in [1.807, 2.05) is 25.1 Å². The predicted octanol–water partition coefficient (Wildman–Crippen LogP) is 2.51. The molecule has 0 fully saturated rings. The van der Waals surface area contributed by atoms with Crippen molar-refractivity contribution in [1.82, 2.24) is 0 Å². The van der Waals surface area contributed by atoms with E-state index in [-0.39, 0.29) is 6.61 Å². The highest BCUT2D eigenvalue weighted by molar-refractivity contribution is 5.33. The molecule has 0 amide bonds. The van der Waals surface area contributed by atoms with E-state index >= 15 is 0 Å². The van der Waals surface area contributed by atoms with Crippen molar-refractivity contribution in [2.75, 3.05) is 13.2 Å². The average Bonchev–Trinajstić information content (AvgIpc) is 2.43. The summed E-state index contributed by atoms with van der Waals surface area (Å²) in [7, 11) is 0. The van der Waals surface area contributed by atoms with Crippen LogP contribution in [0.4, 0.5) is 0 Å². The standard InChI is InChI=1S/C15H25NO2/c1-3-13-8-5-6-9-14(13)18-11-7-10-15(16,4-2)12-17/h5-6,8-9,17H,3-4,7,10-12,16H2,1-2H3. The minimum Gasteiger partial charge on any atom is -0.493 e. The third-order valence-electron chi connectivity index (χ3n) is 3.45.